The molecule has 0 saturated heterocycles. The van der Waals surface area contributed by atoms with Gasteiger partial charge in [0.25, 0.3) is 0 Å². The number of aromatic nitrogens is 2. The predicted molar refractivity (Wildman–Crippen MR) is 91.2 cm³/mol. The third kappa shape index (κ3) is 3.48. The van der Waals surface area contributed by atoms with Crippen LogP contribution in [0.5, 0.6) is 0 Å². The highest BCUT2D eigenvalue weighted by molar-refractivity contribution is 7.17. The van der Waals surface area contributed by atoms with Crippen molar-refractivity contribution >= 4 is 32.9 Å². The molecule has 0 radical (unpaired) electrons. The molecule has 3 nitrogen and oxygen atoms in total. The molecule has 0 amide bonds. The molecule has 0 aliphatic rings. The van der Waals surface area contributed by atoms with Gasteiger partial charge in [0.1, 0.15) is 0 Å². The number of hydrogen-bond acceptors (Lipinski definition) is 5. The van der Waals surface area contributed by atoms with Crippen molar-refractivity contribution in [2.75, 3.05) is 6.54 Å². The molecule has 5 heteroatoms. The van der Waals surface area contributed by atoms with E-state index in [0.29, 0.717) is 0 Å². The highest BCUT2D eigenvalue weighted by Gasteiger charge is 2.15. The van der Waals surface area contributed by atoms with Crippen LogP contribution >= 0.6 is 22.7 Å². The minimum atomic E-state index is 0.287. The molecule has 3 rings (SSSR count). The molecule has 1 N–H and O–H groups in total. The molecule has 1 unspecified atom stereocenters. The van der Waals surface area contributed by atoms with Gasteiger partial charge in [0.15, 0.2) is 0 Å². The molecule has 0 fully saturated rings. The Hall–Kier alpha value is -1.30. The maximum absolute atomic E-state index is 4.60. The van der Waals surface area contributed by atoms with Crippen molar-refractivity contribution in [3.63, 3.8) is 0 Å². The molecule has 3 aromatic heterocycles. The number of thiophene rings is 1. The molecule has 0 saturated carbocycles. The van der Waals surface area contributed by atoms with Crippen molar-refractivity contribution in [1.29, 1.82) is 0 Å². The quantitative estimate of drug-likeness (QED) is 0.734. The van der Waals surface area contributed by atoms with E-state index in [-0.39, 0.29) is 6.04 Å². The summed E-state index contributed by atoms with van der Waals surface area (Å²) in [6.45, 7) is 5.25. The number of pyridine rings is 1. The van der Waals surface area contributed by atoms with Crippen molar-refractivity contribution in [1.82, 2.24) is 15.3 Å². The molecule has 3 heterocycles. The van der Waals surface area contributed by atoms with Crippen molar-refractivity contribution in [2.45, 2.75) is 32.7 Å². The minimum absolute atomic E-state index is 0.287. The smallest absolute Gasteiger partial charge is 0.0947 e. The van der Waals surface area contributed by atoms with E-state index in [1.54, 1.807) is 22.7 Å². The van der Waals surface area contributed by atoms with Crippen molar-refractivity contribution in [2.24, 2.45) is 0 Å². The van der Waals surface area contributed by atoms with E-state index in [0.717, 1.165) is 30.6 Å². The third-order valence-corrected chi connectivity index (χ3v) is 5.25. The van der Waals surface area contributed by atoms with Crippen LogP contribution in [0.25, 0.3) is 10.2 Å². The van der Waals surface area contributed by atoms with Crippen LogP contribution in [0.4, 0.5) is 0 Å². The van der Waals surface area contributed by atoms with E-state index in [9.17, 15) is 0 Å². The number of rotatable bonds is 6. The zero-order valence-electron chi connectivity index (χ0n) is 12.3. The van der Waals surface area contributed by atoms with Gasteiger partial charge in [-0.25, -0.2) is 4.98 Å². The summed E-state index contributed by atoms with van der Waals surface area (Å²) in [5.41, 5.74) is 3.45. The van der Waals surface area contributed by atoms with Gasteiger partial charge < -0.3 is 5.32 Å². The molecule has 21 heavy (non-hydrogen) atoms. The molecular formula is C16H19N3S2. The van der Waals surface area contributed by atoms with Crippen LogP contribution in [0.1, 0.15) is 35.7 Å². The lowest BCUT2D eigenvalue weighted by Gasteiger charge is -2.17. The molecule has 3 aromatic rings. The van der Waals surface area contributed by atoms with Gasteiger partial charge in [-0.2, -0.15) is 0 Å². The van der Waals surface area contributed by atoms with Gasteiger partial charge in [0.05, 0.1) is 15.2 Å². The number of thiazole rings is 1. The molecule has 0 aliphatic heterocycles. The van der Waals surface area contributed by atoms with E-state index in [1.165, 1.54) is 15.3 Å². The summed E-state index contributed by atoms with van der Waals surface area (Å²) in [6.07, 6.45) is 4.06. The number of nitrogens with one attached hydrogen (secondary N) is 1. The fourth-order valence-corrected chi connectivity index (χ4v) is 3.96. The number of hydrogen-bond donors (Lipinski definition) is 1. The Morgan fingerprint density at radius 1 is 1.33 bits per heavy atom. The lowest BCUT2D eigenvalue weighted by atomic mass is 10.1. The Kier molecular flexibility index (Phi) is 4.63. The van der Waals surface area contributed by atoms with Gasteiger partial charge in [-0.1, -0.05) is 6.92 Å². The van der Waals surface area contributed by atoms with Crippen LogP contribution < -0.4 is 5.32 Å². The van der Waals surface area contributed by atoms with Crippen LogP contribution in [0.15, 0.2) is 29.1 Å². The fraction of sp³-hybridized carbons (Fsp3) is 0.375. The maximum atomic E-state index is 4.60. The molecule has 0 spiro atoms. The minimum Gasteiger partial charge on any atom is -0.310 e. The largest absolute Gasteiger partial charge is 0.310 e. The Bertz CT molecular complexity index is 717. The first-order valence-electron chi connectivity index (χ1n) is 7.24. The Morgan fingerprint density at radius 2 is 2.24 bits per heavy atom. The van der Waals surface area contributed by atoms with Gasteiger partial charge in [-0.3, -0.25) is 4.98 Å². The monoisotopic (exact) mass is 317 g/mol. The summed E-state index contributed by atoms with van der Waals surface area (Å²) in [7, 11) is 0. The third-order valence-electron chi connectivity index (χ3n) is 3.41. The van der Waals surface area contributed by atoms with Crippen LogP contribution in [0.2, 0.25) is 0 Å². The highest BCUT2D eigenvalue weighted by Crippen LogP contribution is 2.25. The first-order chi connectivity index (χ1) is 10.3. The summed E-state index contributed by atoms with van der Waals surface area (Å²) >= 11 is 3.49. The average molecular weight is 317 g/mol. The molecule has 110 valence electrons. The standard InChI is InChI=1S/C16H19N3S2/c1-3-5-17-14(8-16-19-11(2)10-21-16)12-7-15-13(18-9-12)4-6-20-15/h4,6-7,9-10,14,17H,3,5,8H2,1-2H3. The lowest BCUT2D eigenvalue weighted by molar-refractivity contribution is 0.527. The van der Waals surface area contributed by atoms with Crippen LogP contribution in [-0.2, 0) is 6.42 Å². The van der Waals surface area contributed by atoms with Crippen LogP contribution in [0.3, 0.4) is 0 Å². The zero-order chi connectivity index (χ0) is 14.7. The summed E-state index contributed by atoms with van der Waals surface area (Å²) in [5.74, 6) is 0. The Labute approximate surface area is 133 Å². The maximum Gasteiger partial charge on any atom is 0.0947 e. The zero-order valence-corrected chi connectivity index (χ0v) is 13.9. The number of aryl methyl sites for hydroxylation is 1. The summed E-state index contributed by atoms with van der Waals surface area (Å²) in [4.78, 5) is 9.17. The van der Waals surface area contributed by atoms with Gasteiger partial charge in [0.2, 0.25) is 0 Å². The summed E-state index contributed by atoms with van der Waals surface area (Å²) in [6, 6.07) is 4.62. The van der Waals surface area contributed by atoms with E-state index in [2.05, 4.69) is 45.1 Å². The van der Waals surface area contributed by atoms with Crippen LogP contribution in [-0.4, -0.2) is 16.5 Å². The average Bonchev–Trinajstić information content (AvgIpc) is 3.11. The van der Waals surface area contributed by atoms with E-state index >= 15 is 0 Å². The van der Waals surface area contributed by atoms with Gasteiger partial charge in [-0.05, 0) is 43.0 Å². The second-order valence-electron chi connectivity index (χ2n) is 5.17. The Balaban J connectivity index is 1.86. The first-order valence-corrected chi connectivity index (χ1v) is 8.99. The first kappa shape index (κ1) is 14.6. The predicted octanol–water partition coefficient (Wildman–Crippen LogP) is 4.34. The second kappa shape index (κ2) is 6.64. The topological polar surface area (TPSA) is 37.8 Å². The van der Waals surface area contributed by atoms with E-state index in [4.69, 9.17) is 0 Å². The number of fused-ring (bicyclic) bond motifs is 1. The van der Waals surface area contributed by atoms with Gasteiger partial charge in [0, 0.05) is 29.7 Å². The van der Waals surface area contributed by atoms with Crippen LogP contribution in [0, 0.1) is 6.92 Å². The second-order valence-corrected chi connectivity index (χ2v) is 7.06. The molecule has 0 aliphatic carbocycles. The van der Waals surface area contributed by atoms with Crippen molar-refractivity contribution in [3.05, 3.63) is 45.4 Å². The van der Waals surface area contributed by atoms with Crippen molar-refractivity contribution < 1.29 is 0 Å². The summed E-state index contributed by atoms with van der Waals surface area (Å²) in [5, 5.41) is 9.03. The molecule has 1 atom stereocenters. The lowest BCUT2D eigenvalue weighted by Crippen LogP contribution is -2.24. The fourth-order valence-electron chi connectivity index (χ4n) is 2.35. The van der Waals surface area contributed by atoms with E-state index in [1.807, 2.05) is 13.1 Å². The highest BCUT2D eigenvalue weighted by atomic mass is 32.1. The van der Waals surface area contributed by atoms with E-state index < -0.39 is 0 Å². The SMILES string of the molecule is CCCNC(Cc1nc(C)cs1)c1cnc2ccsc2c1. The molecule has 0 bridgehead atoms. The normalized spacial score (nSPS) is 12.9. The van der Waals surface area contributed by atoms with Gasteiger partial charge in [-0.15, -0.1) is 22.7 Å². The summed E-state index contributed by atoms with van der Waals surface area (Å²) < 4.78 is 1.26. The Morgan fingerprint density at radius 3 is 3.00 bits per heavy atom. The molecule has 0 aromatic carbocycles. The van der Waals surface area contributed by atoms with Gasteiger partial charge >= 0.3 is 0 Å². The number of nitrogens with zero attached hydrogens (tertiary/aromatic N) is 2. The molecular weight excluding hydrogens is 298 g/mol. The van der Waals surface area contributed by atoms with Crippen molar-refractivity contribution in [3.8, 4) is 0 Å².